The summed E-state index contributed by atoms with van der Waals surface area (Å²) in [5, 5.41) is 12.8. The molecule has 1 aromatic carbocycles. The molecule has 0 atom stereocenters. The van der Waals surface area contributed by atoms with Gasteiger partial charge in [-0.05, 0) is 24.1 Å². The van der Waals surface area contributed by atoms with Gasteiger partial charge in [0.25, 0.3) is 5.91 Å². The molecule has 0 aliphatic heterocycles. The Labute approximate surface area is 198 Å². The van der Waals surface area contributed by atoms with Crippen LogP contribution < -0.4 is 20.1 Å². The van der Waals surface area contributed by atoms with Gasteiger partial charge >= 0.3 is 0 Å². The lowest BCUT2D eigenvalue weighted by Gasteiger charge is -2.12. The van der Waals surface area contributed by atoms with Crippen molar-refractivity contribution in [2.75, 3.05) is 32.6 Å². The predicted molar refractivity (Wildman–Crippen MR) is 132 cm³/mol. The number of thioether (sulfide) groups is 1. The van der Waals surface area contributed by atoms with Crippen molar-refractivity contribution in [3.63, 3.8) is 0 Å². The van der Waals surface area contributed by atoms with E-state index in [2.05, 4.69) is 43.4 Å². The zero-order valence-corrected chi connectivity index (χ0v) is 20.8. The number of hydrogen-bond acceptors (Lipinski definition) is 8. The monoisotopic (exact) mass is 472 g/mol. The molecular weight excluding hydrogens is 440 g/mol. The fourth-order valence-electron chi connectivity index (χ4n) is 3.15. The number of amides is 1. The molecule has 0 aliphatic carbocycles. The van der Waals surface area contributed by atoms with Gasteiger partial charge in [0.15, 0.2) is 22.3 Å². The van der Waals surface area contributed by atoms with Crippen LogP contribution >= 0.6 is 11.8 Å². The van der Waals surface area contributed by atoms with Gasteiger partial charge in [-0.15, -0.1) is 0 Å². The molecule has 0 spiro atoms. The summed E-state index contributed by atoms with van der Waals surface area (Å²) in [6.07, 6.45) is 1.78. The minimum Gasteiger partial charge on any atom is -0.493 e. The van der Waals surface area contributed by atoms with Gasteiger partial charge in [0.1, 0.15) is 5.82 Å². The highest BCUT2D eigenvalue weighted by Crippen LogP contribution is 2.28. The van der Waals surface area contributed by atoms with Crippen molar-refractivity contribution in [1.29, 1.82) is 0 Å². The zero-order valence-electron chi connectivity index (χ0n) is 20.0. The molecule has 0 fully saturated rings. The van der Waals surface area contributed by atoms with E-state index in [0.717, 1.165) is 23.4 Å². The summed E-state index contributed by atoms with van der Waals surface area (Å²) in [7, 11) is 3.10. The summed E-state index contributed by atoms with van der Waals surface area (Å²) in [5.74, 6) is 2.16. The maximum atomic E-state index is 12.6. The third-order valence-electron chi connectivity index (χ3n) is 4.75. The summed E-state index contributed by atoms with van der Waals surface area (Å²) in [4.78, 5) is 22.0. The van der Waals surface area contributed by atoms with Crippen LogP contribution in [0.4, 0.5) is 5.82 Å². The number of fused-ring (bicyclic) bond motifs is 1. The third kappa shape index (κ3) is 6.28. The fourth-order valence-corrected chi connectivity index (χ4v) is 3.86. The summed E-state index contributed by atoms with van der Waals surface area (Å²) in [5.41, 5.74) is 1.25. The number of methoxy groups -OCH3 is 2. The molecule has 9 nitrogen and oxygen atoms in total. The van der Waals surface area contributed by atoms with Crippen LogP contribution in [0.15, 0.2) is 29.6 Å². The van der Waals surface area contributed by atoms with Gasteiger partial charge in [0.2, 0.25) is 0 Å². The van der Waals surface area contributed by atoms with Crippen molar-refractivity contribution in [3.05, 3.63) is 30.0 Å². The van der Waals surface area contributed by atoms with Crippen LogP contribution in [0.5, 0.6) is 11.5 Å². The van der Waals surface area contributed by atoms with E-state index in [-0.39, 0.29) is 5.91 Å². The Morgan fingerprint density at radius 1 is 1.12 bits per heavy atom. The Morgan fingerprint density at radius 3 is 2.55 bits per heavy atom. The summed E-state index contributed by atoms with van der Waals surface area (Å²) in [6, 6.07) is 5.08. The van der Waals surface area contributed by atoms with E-state index in [0.29, 0.717) is 46.5 Å². The Balaban J connectivity index is 1.74. The van der Waals surface area contributed by atoms with Gasteiger partial charge < -0.3 is 20.1 Å². The Kier molecular flexibility index (Phi) is 8.37. The number of anilines is 1. The van der Waals surface area contributed by atoms with Crippen LogP contribution in [0.3, 0.4) is 0 Å². The molecule has 0 radical (unpaired) electrons. The van der Waals surface area contributed by atoms with Crippen molar-refractivity contribution >= 4 is 34.5 Å². The van der Waals surface area contributed by atoms with E-state index in [1.165, 1.54) is 0 Å². The molecule has 0 aliphatic rings. The van der Waals surface area contributed by atoms with Crippen LogP contribution in [-0.2, 0) is 6.54 Å². The minimum atomic E-state index is -0.197. The first-order valence-electron chi connectivity index (χ1n) is 11.0. The Morgan fingerprint density at radius 2 is 1.88 bits per heavy atom. The second kappa shape index (κ2) is 11.2. The number of carbonyl (C=O) groups is 1. The maximum Gasteiger partial charge on any atom is 0.251 e. The first-order valence-corrected chi connectivity index (χ1v) is 11.8. The molecule has 0 saturated heterocycles. The van der Waals surface area contributed by atoms with Crippen LogP contribution in [0, 0.1) is 5.92 Å². The van der Waals surface area contributed by atoms with Gasteiger partial charge in [-0.1, -0.05) is 39.5 Å². The number of aromatic nitrogens is 4. The number of ether oxygens (including phenoxy) is 2. The maximum absolute atomic E-state index is 12.6. The molecule has 178 valence electrons. The fraction of sp³-hybridized carbons (Fsp3) is 0.478. The van der Waals surface area contributed by atoms with E-state index < -0.39 is 0 Å². The van der Waals surface area contributed by atoms with E-state index in [1.54, 1.807) is 55.1 Å². The third-order valence-corrected chi connectivity index (χ3v) is 5.61. The number of benzene rings is 1. The average Bonchev–Trinajstić information content (AvgIpc) is 3.19. The molecule has 0 bridgehead atoms. The molecule has 10 heteroatoms. The number of hydrogen-bond donors (Lipinski definition) is 2. The molecule has 3 aromatic rings. The van der Waals surface area contributed by atoms with Crippen LogP contribution in [0.25, 0.3) is 11.0 Å². The van der Waals surface area contributed by atoms with Crippen LogP contribution in [0.2, 0.25) is 0 Å². The van der Waals surface area contributed by atoms with E-state index in [1.807, 2.05) is 0 Å². The smallest absolute Gasteiger partial charge is 0.251 e. The molecule has 2 aromatic heterocycles. The number of carbonyl (C=O) groups excluding carboxylic acids is 1. The standard InChI is InChI=1S/C23H32N6O3S/c1-14(2)12-25-20-17-13-26-29(21(17)28-23(27-20)33-15(3)4)10-9-24-22(30)16-7-8-18(31-5)19(11-16)32-6/h7-8,11,13-15H,9-10,12H2,1-6H3,(H,24,30)(H,25,27,28). The van der Waals surface area contributed by atoms with Gasteiger partial charge in [-0.25, -0.2) is 14.6 Å². The van der Waals surface area contributed by atoms with Crippen LogP contribution in [0.1, 0.15) is 38.1 Å². The van der Waals surface area contributed by atoms with Crippen molar-refractivity contribution < 1.29 is 14.3 Å². The van der Waals surface area contributed by atoms with Gasteiger partial charge in [0.05, 0.1) is 32.3 Å². The minimum absolute atomic E-state index is 0.197. The largest absolute Gasteiger partial charge is 0.493 e. The Hall–Kier alpha value is -3.01. The van der Waals surface area contributed by atoms with E-state index >= 15 is 0 Å². The quantitative estimate of drug-likeness (QED) is 0.320. The normalized spacial score (nSPS) is 11.3. The highest BCUT2D eigenvalue weighted by molar-refractivity contribution is 7.99. The number of rotatable bonds is 11. The highest BCUT2D eigenvalue weighted by Gasteiger charge is 2.15. The molecule has 1 amide bonds. The predicted octanol–water partition coefficient (Wildman–Crippen LogP) is 3.84. The second-order valence-corrected chi connectivity index (χ2v) is 9.77. The van der Waals surface area contributed by atoms with Gasteiger partial charge in [-0.2, -0.15) is 5.10 Å². The molecular formula is C23H32N6O3S. The van der Waals surface area contributed by atoms with Gasteiger partial charge in [0, 0.05) is 23.9 Å². The number of nitrogens with one attached hydrogen (secondary N) is 2. The molecule has 0 unspecified atom stereocenters. The molecule has 33 heavy (non-hydrogen) atoms. The summed E-state index contributed by atoms with van der Waals surface area (Å²) in [6.45, 7) is 10.2. The van der Waals surface area contributed by atoms with Crippen molar-refractivity contribution in [2.45, 2.75) is 44.6 Å². The molecule has 2 heterocycles. The highest BCUT2D eigenvalue weighted by atomic mass is 32.2. The van der Waals surface area contributed by atoms with Crippen molar-refractivity contribution in [3.8, 4) is 11.5 Å². The lowest BCUT2D eigenvalue weighted by molar-refractivity contribution is 0.0951. The summed E-state index contributed by atoms with van der Waals surface area (Å²) >= 11 is 1.61. The van der Waals surface area contributed by atoms with E-state index in [4.69, 9.17) is 19.4 Å². The average molecular weight is 473 g/mol. The zero-order chi connectivity index (χ0) is 24.0. The lowest BCUT2D eigenvalue weighted by Crippen LogP contribution is -2.27. The molecule has 2 N–H and O–H groups in total. The topological polar surface area (TPSA) is 103 Å². The second-order valence-electron chi connectivity index (χ2n) is 8.23. The lowest BCUT2D eigenvalue weighted by atomic mass is 10.2. The van der Waals surface area contributed by atoms with Gasteiger partial charge in [-0.3, -0.25) is 4.79 Å². The Bertz CT molecular complexity index is 1100. The molecule has 0 saturated carbocycles. The van der Waals surface area contributed by atoms with Crippen molar-refractivity contribution in [2.24, 2.45) is 5.92 Å². The van der Waals surface area contributed by atoms with Crippen molar-refractivity contribution in [1.82, 2.24) is 25.1 Å². The SMILES string of the molecule is COc1ccc(C(=O)NCCn2ncc3c(NCC(C)C)nc(SC(C)C)nc32)cc1OC. The first-order chi connectivity index (χ1) is 15.8. The molecule has 3 rings (SSSR count). The van der Waals surface area contributed by atoms with Crippen LogP contribution in [-0.4, -0.2) is 58.2 Å². The first kappa shape index (κ1) is 24.6. The van der Waals surface area contributed by atoms with E-state index in [9.17, 15) is 4.79 Å². The number of nitrogens with zero attached hydrogens (tertiary/aromatic N) is 4. The summed E-state index contributed by atoms with van der Waals surface area (Å²) < 4.78 is 12.3.